The minimum atomic E-state index is -0.261. The smallest absolute Gasteiger partial charge is 0.0911 e. The molecule has 4 nitrogen and oxygen atoms in total. The molecule has 0 aliphatic carbocycles. The molecule has 1 aromatic rings. The van der Waals surface area contributed by atoms with Gasteiger partial charge in [-0.1, -0.05) is 53.7 Å². The van der Waals surface area contributed by atoms with Crippen LogP contribution in [-0.4, -0.2) is 27.7 Å². The van der Waals surface area contributed by atoms with Crippen LogP contribution in [0.15, 0.2) is 6.20 Å². The second kappa shape index (κ2) is 9.11. The Bertz CT molecular complexity index is 352. The molecule has 0 fully saturated rings. The van der Waals surface area contributed by atoms with E-state index in [1.807, 2.05) is 27.1 Å². The Morgan fingerprint density at radius 3 is 1.75 bits per heavy atom. The van der Waals surface area contributed by atoms with Crippen LogP contribution in [0.3, 0.4) is 0 Å². The van der Waals surface area contributed by atoms with Crippen LogP contribution < -0.4 is 0 Å². The topological polar surface area (TPSA) is 39.9 Å². The summed E-state index contributed by atoms with van der Waals surface area (Å²) < 4.78 is 7.20. The summed E-state index contributed by atoms with van der Waals surface area (Å²) in [5.41, 5.74) is 0.533. The summed E-state index contributed by atoms with van der Waals surface area (Å²) in [5, 5.41) is 8.08. The van der Waals surface area contributed by atoms with Gasteiger partial charge in [0.2, 0.25) is 0 Å². The Morgan fingerprint density at radius 2 is 1.50 bits per heavy atom. The molecule has 0 radical (unpaired) electrons. The molecule has 0 aliphatic heterocycles. The molecular formula is C16H35N3O. The second-order valence-electron chi connectivity index (χ2n) is 6.35. The molecule has 0 spiro atoms. The molecule has 0 N–H and O–H groups in total. The average Bonchev–Trinajstić information content (AvgIpc) is 2.78. The van der Waals surface area contributed by atoms with Crippen LogP contribution in [-0.2, 0) is 17.2 Å². The van der Waals surface area contributed by atoms with Crippen LogP contribution in [0.1, 0.15) is 68.0 Å². The van der Waals surface area contributed by atoms with Crippen molar-refractivity contribution in [3.63, 3.8) is 0 Å². The zero-order valence-corrected chi connectivity index (χ0v) is 15.4. The first kappa shape index (κ1) is 21.4. The molecular weight excluding hydrogens is 250 g/mol. The van der Waals surface area contributed by atoms with Crippen molar-refractivity contribution in [2.75, 3.05) is 7.11 Å². The maximum atomic E-state index is 5.49. The number of nitrogens with zero attached hydrogens (tertiary/aromatic N) is 3. The minimum absolute atomic E-state index is 0.157. The summed E-state index contributed by atoms with van der Waals surface area (Å²) in [5.74, 6) is 0.833. The van der Waals surface area contributed by atoms with Crippen molar-refractivity contribution in [3.8, 4) is 0 Å². The molecule has 0 aromatic carbocycles. The molecule has 20 heavy (non-hydrogen) atoms. The van der Waals surface area contributed by atoms with Gasteiger partial charge in [0.25, 0.3) is 0 Å². The van der Waals surface area contributed by atoms with Gasteiger partial charge in [0, 0.05) is 25.8 Å². The van der Waals surface area contributed by atoms with Gasteiger partial charge in [0.1, 0.15) is 0 Å². The van der Waals surface area contributed by atoms with E-state index in [9.17, 15) is 0 Å². The van der Waals surface area contributed by atoms with E-state index in [-0.39, 0.29) is 11.0 Å². The zero-order chi connectivity index (χ0) is 16.6. The lowest BCUT2D eigenvalue weighted by atomic mass is 9.75. The normalized spacial score (nSPS) is 11.4. The van der Waals surface area contributed by atoms with Crippen molar-refractivity contribution in [2.24, 2.45) is 13.0 Å². The monoisotopic (exact) mass is 285 g/mol. The van der Waals surface area contributed by atoms with Crippen molar-refractivity contribution in [1.82, 2.24) is 15.0 Å². The lowest BCUT2D eigenvalue weighted by molar-refractivity contribution is -0.0356. The fraction of sp³-hybridized carbons (Fsp3) is 0.875. The van der Waals surface area contributed by atoms with E-state index in [0.717, 1.165) is 11.6 Å². The van der Waals surface area contributed by atoms with Crippen molar-refractivity contribution in [1.29, 1.82) is 0 Å². The lowest BCUT2D eigenvalue weighted by Crippen LogP contribution is -2.44. The molecule has 1 rings (SSSR count). The molecule has 0 aliphatic rings. The van der Waals surface area contributed by atoms with Gasteiger partial charge in [0.05, 0.1) is 11.3 Å². The van der Waals surface area contributed by atoms with Crippen LogP contribution in [0.25, 0.3) is 0 Å². The Balaban J connectivity index is 0. The predicted molar refractivity (Wildman–Crippen MR) is 87.0 cm³/mol. The number of hydrogen-bond acceptors (Lipinski definition) is 3. The number of hydrogen-bond donors (Lipinski definition) is 0. The van der Waals surface area contributed by atoms with Crippen LogP contribution >= 0.6 is 0 Å². The van der Waals surface area contributed by atoms with Gasteiger partial charge in [-0.05, 0) is 19.8 Å². The fourth-order valence-electron chi connectivity index (χ4n) is 1.20. The first-order valence-electron chi connectivity index (χ1n) is 7.46. The summed E-state index contributed by atoms with van der Waals surface area (Å²) in [6, 6.07) is 0. The SMILES string of the molecule is CC.CC(C)C.COC(C)(C)C(C)(C)c1cn(C)nn1. The molecule has 1 aromatic heterocycles. The summed E-state index contributed by atoms with van der Waals surface area (Å²) in [6.07, 6.45) is 1.93. The van der Waals surface area contributed by atoms with Gasteiger partial charge in [-0.3, -0.25) is 4.68 Å². The zero-order valence-electron chi connectivity index (χ0n) is 15.4. The largest absolute Gasteiger partial charge is 0.378 e. The van der Waals surface area contributed by atoms with E-state index in [4.69, 9.17) is 4.74 Å². The number of aromatic nitrogens is 3. The highest BCUT2D eigenvalue weighted by Gasteiger charge is 2.40. The molecule has 120 valence electrons. The first-order chi connectivity index (χ1) is 9.04. The molecule has 0 saturated carbocycles. The standard InChI is InChI=1S/C10H19N3O.C4H10.C2H6/c1-9(2,10(3,4)14-6)8-7-13(5)12-11-8;1-4(2)3;1-2/h7H,1-6H3;4H,1-3H3;1-2H3. The fourth-order valence-corrected chi connectivity index (χ4v) is 1.20. The third kappa shape index (κ3) is 6.51. The predicted octanol–water partition coefficient (Wildman–Crippen LogP) is 4.21. The minimum Gasteiger partial charge on any atom is -0.378 e. The number of ether oxygens (including phenoxy) is 1. The van der Waals surface area contributed by atoms with Gasteiger partial charge in [-0.2, -0.15) is 0 Å². The van der Waals surface area contributed by atoms with E-state index in [0.29, 0.717) is 0 Å². The maximum Gasteiger partial charge on any atom is 0.0911 e. The van der Waals surface area contributed by atoms with Crippen molar-refractivity contribution in [3.05, 3.63) is 11.9 Å². The van der Waals surface area contributed by atoms with E-state index >= 15 is 0 Å². The van der Waals surface area contributed by atoms with Crippen LogP contribution in [0.4, 0.5) is 0 Å². The van der Waals surface area contributed by atoms with Crippen LogP contribution in [0.2, 0.25) is 0 Å². The van der Waals surface area contributed by atoms with Gasteiger partial charge >= 0.3 is 0 Å². The molecule has 0 saturated heterocycles. The quantitative estimate of drug-likeness (QED) is 0.835. The highest BCUT2D eigenvalue weighted by atomic mass is 16.5. The van der Waals surface area contributed by atoms with Gasteiger partial charge in [-0.25, -0.2) is 0 Å². The van der Waals surface area contributed by atoms with Gasteiger partial charge < -0.3 is 4.74 Å². The average molecular weight is 285 g/mol. The summed E-state index contributed by atoms with van der Waals surface area (Å²) in [6.45, 7) is 18.8. The van der Waals surface area contributed by atoms with Crippen molar-refractivity contribution >= 4 is 0 Å². The number of aryl methyl sites for hydroxylation is 1. The van der Waals surface area contributed by atoms with Crippen LogP contribution in [0, 0.1) is 5.92 Å². The molecule has 0 amide bonds. The second-order valence-corrected chi connectivity index (χ2v) is 6.35. The Morgan fingerprint density at radius 1 is 1.10 bits per heavy atom. The number of rotatable bonds is 3. The molecule has 0 bridgehead atoms. The lowest BCUT2D eigenvalue weighted by Gasteiger charge is -2.38. The van der Waals surface area contributed by atoms with Gasteiger partial charge in [-0.15, -0.1) is 5.10 Å². The Hall–Kier alpha value is -0.900. The molecule has 1 heterocycles. The Labute approximate surface area is 125 Å². The molecule has 0 unspecified atom stereocenters. The van der Waals surface area contributed by atoms with Crippen molar-refractivity contribution in [2.45, 2.75) is 73.3 Å². The first-order valence-corrected chi connectivity index (χ1v) is 7.46. The maximum absolute atomic E-state index is 5.49. The third-order valence-electron chi connectivity index (χ3n) is 3.26. The third-order valence-corrected chi connectivity index (χ3v) is 3.26. The van der Waals surface area contributed by atoms with E-state index in [2.05, 4.69) is 58.8 Å². The summed E-state index contributed by atoms with van der Waals surface area (Å²) in [7, 11) is 3.59. The van der Waals surface area contributed by atoms with Crippen molar-refractivity contribution < 1.29 is 4.74 Å². The summed E-state index contributed by atoms with van der Waals surface area (Å²) >= 11 is 0. The molecule has 4 heteroatoms. The van der Waals surface area contributed by atoms with E-state index in [1.54, 1.807) is 11.8 Å². The highest BCUT2D eigenvalue weighted by Crippen LogP contribution is 2.35. The number of methoxy groups -OCH3 is 1. The molecule has 0 atom stereocenters. The Kier molecular flexibility index (Phi) is 9.75. The van der Waals surface area contributed by atoms with Gasteiger partial charge in [0.15, 0.2) is 0 Å². The van der Waals surface area contributed by atoms with E-state index in [1.165, 1.54) is 0 Å². The summed E-state index contributed by atoms with van der Waals surface area (Å²) in [4.78, 5) is 0. The van der Waals surface area contributed by atoms with Crippen LogP contribution in [0.5, 0.6) is 0 Å². The highest BCUT2D eigenvalue weighted by molar-refractivity contribution is 5.15. The van der Waals surface area contributed by atoms with E-state index < -0.39 is 0 Å².